The maximum atomic E-state index is 11.0. The summed E-state index contributed by atoms with van der Waals surface area (Å²) >= 11 is 0. The average molecular weight is 187 g/mol. The second-order valence-corrected chi connectivity index (χ2v) is 3.61. The van der Waals surface area contributed by atoms with Crippen LogP contribution in [0.5, 0.6) is 0 Å². The summed E-state index contributed by atoms with van der Waals surface area (Å²) in [6.07, 6.45) is 8.30. The highest BCUT2D eigenvalue weighted by molar-refractivity contribution is 5.76. The molecule has 0 bridgehead atoms. The molecule has 0 saturated heterocycles. The Bertz CT molecular complexity index is 499. The van der Waals surface area contributed by atoms with Gasteiger partial charge >= 0.3 is 0 Å². The lowest BCUT2D eigenvalue weighted by Gasteiger charge is -2.03. The highest BCUT2D eigenvalue weighted by atomic mass is 16.1. The van der Waals surface area contributed by atoms with Crippen molar-refractivity contribution in [3.8, 4) is 0 Å². The van der Waals surface area contributed by atoms with Gasteiger partial charge in [0, 0.05) is 5.92 Å². The van der Waals surface area contributed by atoms with Crippen molar-refractivity contribution in [2.24, 2.45) is 0 Å². The van der Waals surface area contributed by atoms with Gasteiger partial charge in [-0.3, -0.25) is 14.2 Å². The first-order chi connectivity index (χ1) is 6.90. The first-order valence-corrected chi connectivity index (χ1v) is 4.66. The van der Waals surface area contributed by atoms with Gasteiger partial charge in [0.2, 0.25) is 0 Å². The van der Waals surface area contributed by atoms with Crippen molar-refractivity contribution in [3.63, 3.8) is 0 Å². The van der Waals surface area contributed by atoms with E-state index in [0.29, 0.717) is 11.6 Å². The van der Waals surface area contributed by atoms with E-state index in [-0.39, 0.29) is 0 Å². The van der Waals surface area contributed by atoms with E-state index in [9.17, 15) is 4.79 Å². The normalized spacial score (nSPS) is 16.0. The molecule has 0 atom stereocenters. The van der Waals surface area contributed by atoms with E-state index >= 15 is 0 Å². The topological polar surface area (TPSA) is 47.3 Å². The summed E-state index contributed by atoms with van der Waals surface area (Å²) in [5.74, 6) is 0.488. The summed E-state index contributed by atoms with van der Waals surface area (Å²) in [6, 6.07) is 0. The lowest BCUT2D eigenvalue weighted by atomic mass is 10.2. The molecule has 0 aromatic carbocycles. The molecule has 0 N–H and O–H groups in total. The number of carbonyl (C=O) groups excluding carboxylic acids is 1. The number of rotatable bonds is 2. The quantitative estimate of drug-likeness (QED) is 0.668. The van der Waals surface area contributed by atoms with Crippen molar-refractivity contribution in [1.82, 2.24) is 14.4 Å². The molecule has 1 saturated carbocycles. The minimum atomic E-state index is 0.488. The lowest BCUT2D eigenvalue weighted by Crippen LogP contribution is -2.02. The predicted octanol–water partition coefficient (Wildman–Crippen LogP) is 1.42. The lowest BCUT2D eigenvalue weighted by molar-refractivity contribution is 0.111. The molecule has 3 rings (SSSR count). The zero-order valence-electron chi connectivity index (χ0n) is 7.55. The number of aromatic nitrogens is 3. The monoisotopic (exact) mass is 187 g/mol. The Hall–Kier alpha value is -1.71. The number of hydrogen-bond donors (Lipinski definition) is 0. The van der Waals surface area contributed by atoms with E-state index in [4.69, 9.17) is 0 Å². The first kappa shape index (κ1) is 7.67. The van der Waals surface area contributed by atoms with Crippen LogP contribution in [0, 0.1) is 0 Å². The van der Waals surface area contributed by atoms with Crippen LogP contribution in [-0.4, -0.2) is 20.7 Å². The number of aldehydes is 1. The van der Waals surface area contributed by atoms with Gasteiger partial charge in [0.1, 0.15) is 5.69 Å². The molecular formula is C10H9N3O. The summed E-state index contributed by atoms with van der Waals surface area (Å²) in [6.45, 7) is 0. The van der Waals surface area contributed by atoms with Crippen LogP contribution in [-0.2, 0) is 0 Å². The number of fused-ring (bicyclic) bond motifs is 1. The summed E-state index contributed by atoms with van der Waals surface area (Å²) in [5.41, 5.74) is 2.45. The number of imidazole rings is 1. The Balaban J connectivity index is 2.33. The highest BCUT2D eigenvalue weighted by Crippen LogP contribution is 2.40. The molecular weight excluding hydrogens is 178 g/mol. The molecule has 4 nitrogen and oxygen atoms in total. The van der Waals surface area contributed by atoms with Gasteiger partial charge in [-0.2, -0.15) is 0 Å². The molecule has 2 aromatic rings. The van der Waals surface area contributed by atoms with Crippen LogP contribution in [0.3, 0.4) is 0 Å². The smallest absolute Gasteiger partial charge is 0.168 e. The number of carbonyl (C=O) groups is 1. The molecule has 1 aliphatic carbocycles. The van der Waals surface area contributed by atoms with E-state index in [2.05, 4.69) is 9.97 Å². The van der Waals surface area contributed by atoms with Gasteiger partial charge in [-0.15, -0.1) is 0 Å². The van der Waals surface area contributed by atoms with E-state index in [1.807, 2.05) is 0 Å². The minimum Gasteiger partial charge on any atom is -0.296 e. The van der Waals surface area contributed by atoms with Crippen LogP contribution in [0.2, 0.25) is 0 Å². The Labute approximate surface area is 80.6 Å². The molecule has 0 aliphatic heterocycles. The van der Waals surface area contributed by atoms with E-state index in [0.717, 1.165) is 30.3 Å². The summed E-state index contributed by atoms with van der Waals surface area (Å²) < 4.78 is 1.80. The average Bonchev–Trinajstić information content (AvgIpc) is 2.94. The second-order valence-electron chi connectivity index (χ2n) is 3.61. The molecule has 0 radical (unpaired) electrons. The molecule has 70 valence electrons. The second kappa shape index (κ2) is 2.64. The standard InChI is InChI=1S/C10H9N3O/c14-5-9-10(7-1-2-7)12-4-8-3-11-6-13(8)9/h3-7H,1-2H2. The van der Waals surface area contributed by atoms with Gasteiger partial charge in [0.05, 0.1) is 29.9 Å². The van der Waals surface area contributed by atoms with Crippen LogP contribution in [0.25, 0.3) is 5.52 Å². The zero-order chi connectivity index (χ0) is 9.54. The minimum absolute atomic E-state index is 0.488. The molecule has 0 amide bonds. The Kier molecular flexibility index (Phi) is 1.45. The van der Waals surface area contributed by atoms with Gasteiger partial charge in [0.15, 0.2) is 6.29 Å². The Morgan fingerprint density at radius 3 is 3.00 bits per heavy atom. The van der Waals surface area contributed by atoms with E-state index < -0.39 is 0 Å². The molecule has 14 heavy (non-hydrogen) atoms. The largest absolute Gasteiger partial charge is 0.296 e. The Morgan fingerprint density at radius 2 is 2.29 bits per heavy atom. The van der Waals surface area contributed by atoms with E-state index in [1.165, 1.54) is 0 Å². The third kappa shape index (κ3) is 0.968. The van der Waals surface area contributed by atoms with Crippen LogP contribution < -0.4 is 0 Å². The van der Waals surface area contributed by atoms with Crippen molar-refractivity contribution in [3.05, 3.63) is 30.1 Å². The SMILES string of the molecule is O=Cc1c(C2CC2)ncc2cncn12. The van der Waals surface area contributed by atoms with Crippen molar-refractivity contribution in [1.29, 1.82) is 0 Å². The number of hydrogen-bond acceptors (Lipinski definition) is 3. The van der Waals surface area contributed by atoms with Crippen molar-refractivity contribution in [2.45, 2.75) is 18.8 Å². The zero-order valence-corrected chi connectivity index (χ0v) is 7.55. The molecule has 1 aliphatic rings. The molecule has 4 heteroatoms. The predicted molar refractivity (Wildman–Crippen MR) is 50.3 cm³/mol. The van der Waals surface area contributed by atoms with Gasteiger partial charge in [-0.1, -0.05) is 0 Å². The molecule has 0 unspecified atom stereocenters. The first-order valence-electron chi connectivity index (χ1n) is 4.66. The van der Waals surface area contributed by atoms with Crippen LogP contribution in [0.15, 0.2) is 18.7 Å². The maximum absolute atomic E-state index is 11.0. The van der Waals surface area contributed by atoms with Gasteiger partial charge in [-0.25, -0.2) is 4.98 Å². The van der Waals surface area contributed by atoms with Crippen LogP contribution in [0.4, 0.5) is 0 Å². The van der Waals surface area contributed by atoms with Gasteiger partial charge in [0.25, 0.3) is 0 Å². The Morgan fingerprint density at radius 1 is 1.43 bits per heavy atom. The van der Waals surface area contributed by atoms with Gasteiger partial charge < -0.3 is 0 Å². The molecule has 2 heterocycles. The van der Waals surface area contributed by atoms with Crippen molar-refractivity contribution < 1.29 is 4.79 Å². The third-order valence-electron chi connectivity index (χ3n) is 2.60. The summed E-state index contributed by atoms with van der Waals surface area (Å²) in [5, 5.41) is 0. The summed E-state index contributed by atoms with van der Waals surface area (Å²) in [7, 11) is 0. The van der Waals surface area contributed by atoms with Crippen LogP contribution >= 0.6 is 0 Å². The summed E-state index contributed by atoms with van der Waals surface area (Å²) in [4.78, 5) is 19.3. The third-order valence-corrected chi connectivity index (χ3v) is 2.60. The van der Waals surface area contributed by atoms with Crippen molar-refractivity contribution >= 4 is 11.8 Å². The fourth-order valence-electron chi connectivity index (χ4n) is 1.72. The van der Waals surface area contributed by atoms with E-state index in [1.54, 1.807) is 23.1 Å². The van der Waals surface area contributed by atoms with Crippen molar-refractivity contribution in [2.75, 3.05) is 0 Å². The van der Waals surface area contributed by atoms with Gasteiger partial charge in [-0.05, 0) is 12.8 Å². The molecule has 2 aromatic heterocycles. The fourth-order valence-corrected chi connectivity index (χ4v) is 1.72. The number of nitrogens with zero attached hydrogens (tertiary/aromatic N) is 3. The molecule has 0 spiro atoms. The van der Waals surface area contributed by atoms with Crippen LogP contribution in [0.1, 0.15) is 34.9 Å². The highest BCUT2D eigenvalue weighted by Gasteiger charge is 2.28. The molecule has 1 fully saturated rings. The fraction of sp³-hybridized carbons (Fsp3) is 0.300. The maximum Gasteiger partial charge on any atom is 0.168 e.